The van der Waals surface area contributed by atoms with Crippen molar-refractivity contribution in [2.75, 3.05) is 11.9 Å². The van der Waals surface area contributed by atoms with Gasteiger partial charge < -0.3 is 5.32 Å². The van der Waals surface area contributed by atoms with Crippen LogP contribution in [0.2, 0.25) is 10.0 Å². The highest BCUT2D eigenvalue weighted by atomic mass is 35.5. The van der Waals surface area contributed by atoms with Gasteiger partial charge in [0.2, 0.25) is 0 Å². The molecule has 94 valence electrons. The van der Waals surface area contributed by atoms with Gasteiger partial charge >= 0.3 is 0 Å². The van der Waals surface area contributed by atoms with Crippen molar-refractivity contribution >= 4 is 28.9 Å². The van der Waals surface area contributed by atoms with Gasteiger partial charge in [-0.2, -0.15) is 0 Å². The molecular formula is C14H19Cl2N. The topological polar surface area (TPSA) is 12.0 Å². The fourth-order valence-electron chi connectivity index (χ4n) is 2.43. The van der Waals surface area contributed by atoms with Crippen LogP contribution >= 0.6 is 23.2 Å². The minimum atomic E-state index is 0.619. The minimum Gasteiger partial charge on any atom is -0.384 e. The van der Waals surface area contributed by atoms with Crippen molar-refractivity contribution in [2.24, 2.45) is 11.8 Å². The minimum absolute atomic E-state index is 0.619. The van der Waals surface area contributed by atoms with Crippen LogP contribution in [0.25, 0.3) is 0 Å². The van der Waals surface area contributed by atoms with Gasteiger partial charge in [-0.3, -0.25) is 0 Å². The molecule has 1 aromatic rings. The Morgan fingerprint density at radius 1 is 1.18 bits per heavy atom. The molecule has 1 aliphatic carbocycles. The second kappa shape index (κ2) is 5.97. The average Bonchev–Trinajstić information content (AvgIpc) is 2.33. The zero-order valence-corrected chi connectivity index (χ0v) is 11.7. The third-order valence-electron chi connectivity index (χ3n) is 3.67. The zero-order chi connectivity index (χ0) is 12.3. The van der Waals surface area contributed by atoms with Gasteiger partial charge in [-0.05, 0) is 36.8 Å². The van der Waals surface area contributed by atoms with Crippen molar-refractivity contribution in [3.8, 4) is 0 Å². The summed E-state index contributed by atoms with van der Waals surface area (Å²) in [5.41, 5.74) is 0.956. The smallest absolute Gasteiger partial charge is 0.0823 e. The summed E-state index contributed by atoms with van der Waals surface area (Å²) in [6.45, 7) is 3.35. The van der Waals surface area contributed by atoms with Gasteiger partial charge in [0.15, 0.2) is 0 Å². The van der Waals surface area contributed by atoms with E-state index < -0.39 is 0 Å². The molecule has 0 heterocycles. The predicted octanol–water partition coefficient (Wildman–Crippen LogP) is 5.23. The molecule has 1 nitrogen and oxygen atoms in total. The van der Waals surface area contributed by atoms with Crippen molar-refractivity contribution < 1.29 is 0 Å². The lowest BCUT2D eigenvalue weighted by molar-refractivity contribution is 0.300. The van der Waals surface area contributed by atoms with E-state index in [-0.39, 0.29) is 0 Å². The quantitative estimate of drug-likeness (QED) is 0.794. The first-order valence-corrected chi connectivity index (χ1v) is 7.10. The molecule has 0 spiro atoms. The molecule has 0 radical (unpaired) electrons. The SMILES string of the molecule is CC1CCC(CNc2cccc(Cl)c2Cl)CC1. The van der Waals surface area contributed by atoms with Gasteiger partial charge in [0.05, 0.1) is 15.7 Å². The highest BCUT2D eigenvalue weighted by molar-refractivity contribution is 6.43. The number of hydrogen-bond donors (Lipinski definition) is 1. The summed E-state index contributed by atoms with van der Waals surface area (Å²) >= 11 is 12.1. The van der Waals surface area contributed by atoms with Crippen LogP contribution in [0.4, 0.5) is 5.69 Å². The molecule has 1 N–H and O–H groups in total. The van der Waals surface area contributed by atoms with Crippen molar-refractivity contribution in [1.29, 1.82) is 0 Å². The summed E-state index contributed by atoms with van der Waals surface area (Å²) in [5.74, 6) is 1.68. The zero-order valence-electron chi connectivity index (χ0n) is 10.2. The molecule has 0 saturated heterocycles. The molecule has 1 aromatic carbocycles. The first kappa shape index (κ1) is 13.0. The van der Waals surface area contributed by atoms with Crippen LogP contribution in [0.1, 0.15) is 32.6 Å². The Labute approximate surface area is 114 Å². The second-order valence-electron chi connectivity index (χ2n) is 5.11. The Hall–Kier alpha value is -0.400. The van der Waals surface area contributed by atoms with E-state index in [0.717, 1.165) is 24.1 Å². The van der Waals surface area contributed by atoms with Crippen molar-refractivity contribution in [1.82, 2.24) is 0 Å². The van der Waals surface area contributed by atoms with E-state index >= 15 is 0 Å². The molecule has 0 unspecified atom stereocenters. The van der Waals surface area contributed by atoms with Gasteiger partial charge in [0, 0.05) is 6.54 Å². The first-order chi connectivity index (χ1) is 8.16. The van der Waals surface area contributed by atoms with Crippen LogP contribution in [-0.4, -0.2) is 6.54 Å². The third kappa shape index (κ3) is 3.53. The summed E-state index contributed by atoms with van der Waals surface area (Å²) in [5, 5.41) is 4.68. The van der Waals surface area contributed by atoms with Crippen LogP contribution in [0.5, 0.6) is 0 Å². The molecule has 0 aliphatic heterocycles. The van der Waals surface area contributed by atoms with E-state index in [2.05, 4.69) is 12.2 Å². The van der Waals surface area contributed by atoms with Crippen molar-refractivity contribution in [2.45, 2.75) is 32.6 Å². The Bertz CT molecular complexity index is 370. The van der Waals surface area contributed by atoms with Crippen LogP contribution in [0.15, 0.2) is 18.2 Å². The maximum atomic E-state index is 6.14. The van der Waals surface area contributed by atoms with Gasteiger partial charge in [0.1, 0.15) is 0 Å². The van der Waals surface area contributed by atoms with E-state index in [1.165, 1.54) is 25.7 Å². The summed E-state index contributed by atoms with van der Waals surface area (Å²) in [7, 11) is 0. The molecule has 1 saturated carbocycles. The number of hydrogen-bond acceptors (Lipinski definition) is 1. The highest BCUT2D eigenvalue weighted by Gasteiger charge is 2.18. The highest BCUT2D eigenvalue weighted by Crippen LogP contribution is 2.32. The van der Waals surface area contributed by atoms with Crippen LogP contribution in [-0.2, 0) is 0 Å². The fraction of sp³-hybridized carbons (Fsp3) is 0.571. The maximum Gasteiger partial charge on any atom is 0.0823 e. The summed E-state index contributed by atoms with van der Waals surface area (Å²) in [6.07, 6.45) is 5.37. The first-order valence-electron chi connectivity index (χ1n) is 6.34. The van der Waals surface area contributed by atoms with E-state index in [1.807, 2.05) is 18.2 Å². The lowest BCUT2D eigenvalue weighted by Gasteiger charge is -2.26. The van der Waals surface area contributed by atoms with Gasteiger partial charge in [-0.25, -0.2) is 0 Å². The summed E-state index contributed by atoms with van der Waals surface area (Å²) in [6, 6.07) is 5.73. The van der Waals surface area contributed by atoms with Crippen LogP contribution in [0.3, 0.4) is 0 Å². The Morgan fingerprint density at radius 2 is 1.88 bits per heavy atom. The summed E-state index contributed by atoms with van der Waals surface area (Å²) < 4.78 is 0. The molecule has 1 fully saturated rings. The Balaban J connectivity index is 1.87. The Kier molecular flexibility index (Phi) is 4.58. The Morgan fingerprint density at radius 3 is 2.59 bits per heavy atom. The molecule has 0 aromatic heterocycles. The number of rotatable bonds is 3. The standard InChI is InChI=1S/C14H19Cl2N/c1-10-5-7-11(8-6-10)9-17-13-4-2-3-12(15)14(13)16/h2-4,10-11,17H,5-9H2,1H3. The second-order valence-corrected chi connectivity index (χ2v) is 5.89. The van der Waals surface area contributed by atoms with E-state index in [4.69, 9.17) is 23.2 Å². The number of benzene rings is 1. The lowest BCUT2D eigenvalue weighted by atomic mass is 9.83. The third-order valence-corrected chi connectivity index (χ3v) is 4.49. The van der Waals surface area contributed by atoms with Gasteiger partial charge in [-0.15, -0.1) is 0 Å². The molecule has 2 rings (SSSR count). The van der Waals surface area contributed by atoms with E-state index in [1.54, 1.807) is 0 Å². The largest absolute Gasteiger partial charge is 0.384 e. The number of anilines is 1. The molecule has 0 bridgehead atoms. The van der Waals surface area contributed by atoms with Crippen molar-refractivity contribution in [3.05, 3.63) is 28.2 Å². The van der Waals surface area contributed by atoms with E-state index in [9.17, 15) is 0 Å². The predicted molar refractivity (Wildman–Crippen MR) is 76.1 cm³/mol. The molecule has 17 heavy (non-hydrogen) atoms. The van der Waals surface area contributed by atoms with Gasteiger partial charge in [0.25, 0.3) is 0 Å². The van der Waals surface area contributed by atoms with Gasteiger partial charge in [-0.1, -0.05) is 49.0 Å². The molecule has 3 heteroatoms. The molecule has 1 aliphatic rings. The van der Waals surface area contributed by atoms with Crippen LogP contribution in [0, 0.1) is 11.8 Å². The lowest BCUT2D eigenvalue weighted by Crippen LogP contribution is -2.20. The van der Waals surface area contributed by atoms with Crippen molar-refractivity contribution in [3.63, 3.8) is 0 Å². The normalized spacial score (nSPS) is 24.6. The fourth-order valence-corrected chi connectivity index (χ4v) is 2.80. The monoisotopic (exact) mass is 271 g/mol. The summed E-state index contributed by atoms with van der Waals surface area (Å²) in [4.78, 5) is 0. The van der Waals surface area contributed by atoms with Crippen LogP contribution < -0.4 is 5.32 Å². The molecule has 0 atom stereocenters. The molecular weight excluding hydrogens is 253 g/mol. The average molecular weight is 272 g/mol. The molecule has 0 amide bonds. The maximum absolute atomic E-state index is 6.14. The number of nitrogens with one attached hydrogen (secondary N) is 1. The van der Waals surface area contributed by atoms with E-state index in [0.29, 0.717) is 10.0 Å². The number of halogens is 2.